The molecule has 0 spiro atoms. The molecule has 1 heterocycles. The molecule has 0 aliphatic carbocycles. The Hall–Kier alpha value is -1.93. The van der Waals surface area contributed by atoms with Crippen molar-refractivity contribution in [1.29, 1.82) is 0 Å². The minimum absolute atomic E-state index is 0.0247. The van der Waals surface area contributed by atoms with Crippen molar-refractivity contribution in [2.75, 3.05) is 25.9 Å². The van der Waals surface area contributed by atoms with Gasteiger partial charge in [0.05, 0.1) is 4.90 Å². The van der Waals surface area contributed by atoms with E-state index in [1.165, 1.54) is 24.3 Å². The van der Waals surface area contributed by atoms with Crippen LogP contribution in [0, 0.1) is 0 Å². The van der Waals surface area contributed by atoms with Gasteiger partial charge in [0.2, 0.25) is 5.91 Å². The van der Waals surface area contributed by atoms with Gasteiger partial charge in [0.15, 0.2) is 9.84 Å². The first-order valence-corrected chi connectivity index (χ1v) is 9.04. The van der Waals surface area contributed by atoms with Crippen molar-refractivity contribution in [2.24, 2.45) is 5.73 Å². The predicted molar refractivity (Wildman–Crippen MR) is 85.7 cm³/mol. The summed E-state index contributed by atoms with van der Waals surface area (Å²) in [5, 5.41) is 2.86. The van der Waals surface area contributed by atoms with Gasteiger partial charge < -0.3 is 16.0 Å². The number of benzene rings is 1. The van der Waals surface area contributed by atoms with Gasteiger partial charge >= 0.3 is 0 Å². The zero-order chi connectivity index (χ0) is 17.0. The number of likely N-dealkylation sites (N-methyl/N-ethyl adjacent to an activating group) is 1. The highest BCUT2D eigenvalue weighted by Gasteiger charge is 2.22. The number of sulfone groups is 1. The fourth-order valence-corrected chi connectivity index (χ4v) is 3.73. The lowest BCUT2D eigenvalue weighted by Crippen LogP contribution is -2.38. The van der Waals surface area contributed by atoms with Crippen LogP contribution in [0.5, 0.6) is 0 Å². The summed E-state index contributed by atoms with van der Waals surface area (Å²) in [5.41, 5.74) is 5.30. The van der Waals surface area contributed by atoms with Gasteiger partial charge in [-0.15, -0.1) is 0 Å². The zero-order valence-corrected chi connectivity index (χ0v) is 13.8. The number of carbonyl (C=O) groups is 2. The third kappa shape index (κ3) is 4.52. The first-order valence-electron chi connectivity index (χ1n) is 7.39. The average molecular weight is 339 g/mol. The lowest BCUT2D eigenvalue weighted by Gasteiger charge is -2.19. The van der Waals surface area contributed by atoms with Crippen LogP contribution in [-0.4, -0.2) is 57.1 Å². The minimum atomic E-state index is -3.75. The lowest BCUT2D eigenvalue weighted by atomic mass is 10.2. The number of hydrogen-bond donors (Lipinski definition) is 2. The SMILES string of the molecule is CN1CCCC1CNC(=O)c1ccc(S(=O)(=O)CC(N)=O)cc1. The van der Waals surface area contributed by atoms with Crippen molar-refractivity contribution >= 4 is 21.7 Å². The lowest BCUT2D eigenvalue weighted by molar-refractivity contribution is -0.115. The number of primary amides is 1. The standard InChI is InChI=1S/C15H21N3O4S/c1-18-8-2-3-12(18)9-17-15(20)11-4-6-13(7-5-11)23(21,22)10-14(16)19/h4-7,12H,2-3,8-10H2,1H3,(H2,16,19)(H,17,20). The highest BCUT2D eigenvalue weighted by molar-refractivity contribution is 7.92. The van der Waals surface area contributed by atoms with E-state index in [0.717, 1.165) is 19.4 Å². The molecule has 1 fully saturated rings. The monoisotopic (exact) mass is 339 g/mol. The van der Waals surface area contributed by atoms with Crippen LogP contribution in [0.25, 0.3) is 0 Å². The molecule has 1 aliphatic heterocycles. The highest BCUT2D eigenvalue weighted by atomic mass is 32.2. The minimum Gasteiger partial charge on any atom is -0.369 e. The average Bonchev–Trinajstić information content (AvgIpc) is 2.89. The largest absolute Gasteiger partial charge is 0.369 e. The van der Waals surface area contributed by atoms with Crippen LogP contribution in [0.1, 0.15) is 23.2 Å². The molecule has 1 unspecified atom stereocenters. The van der Waals surface area contributed by atoms with Crippen LogP contribution in [0.2, 0.25) is 0 Å². The van der Waals surface area contributed by atoms with Crippen LogP contribution in [-0.2, 0) is 14.6 Å². The molecule has 2 rings (SSSR count). The smallest absolute Gasteiger partial charge is 0.251 e. The number of amides is 2. The van der Waals surface area contributed by atoms with Gasteiger partial charge in [0, 0.05) is 18.2 Å². The van der Waals surface area contributed by atoms with E-state index in [1.807, 2.05) is 7.05 Å². The van der Waals surface area contributed by atoms with Crippen LogP contribution in [0.15, 0.2) is 29.2 Å². The van der Waals surface area contributed by atoms with E-state index in [9.17, 15) is 18.0 Å². The molecule has 0 radical (unpaired) electrons. The first-order chi connectivity index (χ1) is 10.8. The van der Waals surface area contributed by atoms with Gasteiger partial charge in [-0.05, 0) is 50.7 Å². The van der Waals surface area contributed by atoms with Crippen LogP contribution in [0.3, 0.4) is 0 Å². The van der Waals surface area contributed by atoms with E-state index >= 15 is 0 Å². The van der Waals surface area contributed by atoms with Gasteiger partial charge in [-0.2, -0.15) is 0 Å². The molecule has 1 aromatic rings. The Morgan fingerprint density at radius 2 is 1.96 bits per heavy atom. The molecule has 1 aliphatic rings. The van der Waals surface area contributed by atoms with Crippen LogP contribution >= 0.6 is 0 Å². The molecule has 126 valence electrons. The molecular weight excluding hydrogens is 318 g/mol. The second-order valence-corrected chi connectivity index (χ2v) is 7.73. The maximum atomic E-state index is 12.1. The van der Waals surface area contributed by atoms with Gasteiger partial charge in [-0.1, -0.05) is 0 Å². The Labute approximate surface area is 135 Å². The van der Waals surface area contributed by atoms with E-state index in [0.29, 0.717) is 18.2 Å². The molecule has 2 amide bonds. The summed E-state index contributed by atoms with van der Waals surface area (Å²) in [6.45, 7) is 1.60. The Bertz CT molecular complexity index is 685. The number of carbonyl (C=O) groups excluding carboxylic acids is 2. The summed E-state index contributed by atoms with van der Waals surface area (Å²) in [7, 11) is -1.72. The highest BCUT2D eigenvalue weighted by Crippen LogP contribution is 2.15. The van der Waals surface area contributed by atoms with E-state index in [4.69, 9.17) is 5.73 Å². The van der Waals surface area contributed by atoms with E-state index < -0.39 is 21.5 Å². The molecule has 0 aromatic heterocycles. The summed E-state index contributed by atoms with van der Waals surface area (Å²) in [6.07, 6.45) is 2.19. The zero-order valence-electron chi connectivity index (χ0n) is 13.0. The summed E-state index contributed by atoms with van der Waals surface area (Å²) in [6, 6.07) is 5.83. The molecular formula is C15H21N3O4S. The number of nitrogens with one attached hydrogen (secondary N) is 1. The van der Waals surface area contributed by atoms with Crippen LogP contribution < -0.4 is 11.1 Å². The molecule has 7 nitrogen and oxygen atoms in total. The fraction of sp³-hybridized carbons (Fsp3) is 0.467. The maximum absolute atomic E-state index is 12.1. The third-order valence-electron chi connectivity index (χ3n) is 3.98. The Kier molecular flexibility index (Phi) is 5.38. The number of hydrogen-bond acceptors (Lipinski definition) is 5. The van der Waals surface area contributed by atoms with Gasteiger partial charge in [-0.3, -0.25) is 9.59 Å². The molecule has 8 heteroatoms. The Morgan fingerprint density at radius 1 is 1.30 bits per heavy atom. The third-order valence-corrected chi connectivity index (χ3v) is 5.63. The van der Waals surface area contributed by atoms with Crippen molar-refractivity contribution in [3.05, 3.63) is 29.8 Å². The van der Waals surface area contributed by atoms with E-state index in [1.54, 1.807) is 0 Å². The maximum Gasteiger partial charge on any atom is 0.251 e. The van der Waals surface area contributed by atoms with Crippen molar-refractivity contribution in [3.8, 4) is 0 Å². The molecule has 23 heavy (non-hydrogen) atoms. The molecule has 3 N–H and O–H groups in total. The summed E-state index contributed by atoms with van der Waals surface area (Å²) in [4.78, 5) is 25.1. The first kappa shape index (κ1) is 17.4. The number of nitrogens with zero attached hydrogens (tertiary/aromatic N) is 1. The number of rotatable bonds is 6. The van der Waals surface area contributed by atoms with Crippen molar-refractivity contribution < 1.29 is 18.0 Å². The normalized spacial score (nSPS) is 18.7. The predicted octanol–water partition coefficient (Wildman–Crippen LogP) is -0.230. The topological polar surface area (TPSA) is 110 Å². The van der Waals surface area contributed by atoms with Crippen LogP contribution in [0.4, 0.5) is 0 Å². The van der Waals surface area contributed by atoms with E-state index in [2.05, 4.69) is 10.2 Å². The van der Waals surface area contributed by atoms with Crippen molar-refractivity contribution in [3.63, 3.8) is 0 Å². The number of likely N-dealkylation sites (tertiary alicyclic amines) is 1. The van der Waals surface area contributed by atoms with Gasteiger partial charge in [0.25, 0.3) is 5.91 Å². The summed E-state index contributed by atoms with van der Waals surface area (Å²) in [5.74, 6) is -1.90. The number of nitrogens with two attached hydrogens (primary N) is 1. The second kappa shape index (κ2) is 7.10. The molecule has 1 aromatic carbocycles. The Balaban J connectivity index is 1.98. The second-order valence-electron chi connectivity index (χ2n) is 5.74. The van der Waals surface area contributed by atoms with Crippen molar-refractivity contribution in [2.45, 2.75) is 23.8 Å². The van der Waals surface area contributed by atoms with Gasteiger partial charge in [0.1, 0.15) is 5.75 Å². The van der Waals surface area contributed by atoms with E-state index in [-0.39, 0.29) is 10.8 Å². The summed E-state index contributed by atoms with van der Waals surface area (Å²) < 4.78 is 23.7. The quantitative estimate of drug-likeness (QED) is 0.744. The van der Waals surface area contributed by atoms with Crippen molar-refractivity contribution in [1.82, 2.24) is 10.2 Å². The molecule has 1 saturated heterocycles. The van der Waals surface area contributed by atoms with Gasteiger partial charge in [-0.25, -0.2) is 8.42 Å². The molecule has 0 bridgehead atoms. The Morgan fingerprint density at radius 3 is 2.48 bits per heavy atom. The fourth-order valence-electron chi connectivity index (χ4n) is 2.63. The summed E-state index contributed by atoms with van der Waals surface area (Å²) >= 11 is 0. The molecule has 1 atom stereocenters. The molecule has 0 saturated carbocycles.